The normalized spacial score (nSPS) is 19.1. The summed E-state index contributed by atoms with van der Waals surface area (Å²) in [5.74, 6) is -0.692. The van der Waals surface area contributed by atoms with Crippen molar-refractivity contribution in [2.45, 2.75) is 51.1 Å². The first kappa shape index (κ1) is 17.6. The predicted octanol–water partition coefficient (Wildman–Crippen LogP) is 2.03. The molecule has 1 fully saturated rings. The molecule has 25 heavy (non-hydrogen) atoms. The largest absolute Gasteiger partial charge is 0.338 e. The molecule has 1 aliphatic carbocycles. The highest BCUT2D eigenvalue weighted by Gasteiger charge is 2.40. The number of carbonyl (C=O) groups excluding carboxylic acids is 3. The highest BCUT2D eigenvalue weighted by atomic mass is 16.2. The number of imide groups is 1. The number of hydrogen-bond acceptors (Lipinski definition) is 4. The zero-order valence-electron chi connectivity index (χ0n) is 14.8. The van der Waals surface area contributed by atoms with Gasteiger partial charge >= 0.3 is 0 Å². The summed E-state index contributed by atoms with van der Waals surface area (Å²) in [6, 6.07) is 4.67. The van der Waals surface area contributed by atoms with E-state index >= 15 is 0 Å². The van der Waals surface area contributed by atoms with Crippen LogP contribution in [0.25, 0.3) is 0 Å². The van der Waals surface area contributed by atoms with Crippen LogP contribution in [0.5, 0.6) is 0 Å². The van der Waals surface area contributed by atoms with E-state index < -0.39 is 0 Å². The minimum Gasteiger partial charge on any atom is -0.338 e. The Labute approximate surface area is 148 Å². The maximum Gasteiger partial charge on any atom is 0.261 e. The van der Waals surface area contributed by atoms with E-state index in [1.165, 1.54) is 4.90 Å². The van der Waals surface area contributed by atoms with Crippen molar-refractivity contribution < 1.29 is 14.4 Å². The molecule has 0 bridgehead atoms. The lowest BCUT2D eigenvalue weighted by Crippen LogP contribution is -2.41. The lowest BCUT2D eigenvalue weighted by atomic mass is 9.94. The Kier molecular flexibility index (Phi) is 4.90. The maximum atomic E-state index is 12.8. The third-order valence-corrected chi connectivity index (χ3v) is 5.43. The van der Waals surface area contributed by atoms with E-state index in [4.69, 9.17) is 5.73 Å². The smallest absolute Gasteiger partial charge is 0.261 e. The number of benzene rings is 1. The molecular formula is C19H25N3O3. The number of hydrogen-bond donors (Lipinski definition) is 1. The van der Waals surface area contributed by atoms with Gasteiger partial charge in [-0.2, -0.15) is 0 Å². The van der Waals surface area contributed by atoms with Gasteiger partial charge in [0.2, 0.25) is 0 Å². The van der Waals surface area contributed by atoms with Gasteiger partial charge in [-0.15, -0.1) is 0 Å². The summed E-state index contributed by atoms with van der Waals surface area (Å²) in [7, 11) is 1.69. The summed E-state index contributed by atoms with van der Waals surface area (Å²) in [4.78, 5) is 41.0. The van der Waals surface area contributed by atoms with Crippen LogP contribution in [-0.4, -0.2) is 53.2 Å². The van der Waals surface area contributed by atoms with E-state index in [9.17, 15) is 14.4 Å². The van der Waals surface area contributed by atoms with Gasteiger partial charge in [-0.25, -0.2) is 0 Å². The van der Waals surface area contributed by atoms with E-state index in [1.54, 1.807) is 30.1 Å². The second-order valence-electron chi connectivity index (χ2n) is 7.03. The van der Waals surface area contributed by atoms with Crippen LogP contribution in [0.4, 0.5) is 0 Å². The van der Waals surface area contributed by atoms with Crippen molar-refractivity contribution in [2.75, 3.05) is 13.6 Å². The van der Waals surface area contributed by atoms with Crippen molar-refractivity contribution in [1.29, 1.82) is 0 Å². The van der Waals surface area contributed by atoms with E-state index in [2.05, 4.69) is 0 Å². The monoisotopic (exact) mass is 343 g/mol. The van der Waals surface area contributed by atoms with E-state index in [-0.39, 0.29) is 29.8 Å². The van der Waals surface area contributed by atoms with Crippen LogP contribution in [0.3, 0.4) is 0 Å². The van der Waals surface area contributed by atoms with Gasteiger partial charge in [0, 0.05) is 31.2 Å². The van der Waals surface area contributed by atoms with Gasteiger partial charge in [-0.05, 0) is 38.0 Å². The lowest BCUT2D eigenvalue weighted by Gasteiger charge is -2.29. The van der Waals surface area contributed by atoms with Crippen molar-refractivity contribution in [3.05, 3.63) is 34.9 Å². The molecule has 0 spiro atoms. The zero-order chi connectivity index (χ0) is 18.1. The minimum atomic E-state index is -0.268. The molecule has 1 heterocycles. The van der Waals surface area contributed by atoms with Crippen molar-refractivity contribution >= 4 is 17.7 Å². The topological polar surface area (TPSA) is 83.7 Å². The Morgan fingerprint density at radius 2 is 1.84 bits per heavy atom. The molecule has 1 saturated carbocycles. The molecule has 3 amide bonds. The second-order valence-corrected chi connectivity index (χ2v) is 7.03. The zero-order valence-corrected chi connectivity index (χ0v) is 14.8. The summed E-state index contributed by atoms with van der Waals surface area (Å²) < 4.78 is 0. The summed E-state index contributed by atoms with van der Waals surface area (Å²) in [5.41, 5.74) is 6.78. The minimum absolute atomic E-state index is 0.0137. The molecule has 1 aliphatic heterocycles. The predicted molar refractivity (Wildman–Crippen MR) is 94.4 cm³/mol. The average molecular weight is 343 g/mol. The molecule has 0 saturated heterocycles. The fraction of sp³-hybridized carbons (Fsp3) is 0.526. The molecule has 3 rings (SSSR count). The quantitative estimate of drug-likeness (QED) is 0.848. The standard InChI is InChI=1S/C19H25N3O3/c1-12(11-20)21(2)17(23)13-8-9-15-16(10-13)19(25)22(18(15)24)14-6-4-3-5-7-14/h8-10,12,14H,3-7,11,20H2,1-2H3. The fourth-order valence-corrected chi connectivity index (χ4v) is 3.63. The van der Waals surface area contributed by atoms with Gasteiger partial charge in [0.25, 0.3) is 17.7 Å². The van der Waals surface area contributed by atoms with E-state index in [0.29, 0.717) is 23.2 Å². The highest BCUT2D eigenvalue weighted by Crippen LogP contribution is 2.31. The van der Waals surface area contributed by atoms with Gasteiger partial charge in [0.1, 0.15) is 0 Å². The molecule has 0 aromatic heterocycles. The van der Waals surface area contributed by atoms with Crippen molar-refractivity contribution in [1.82, 2.24) is 9.80 Å². The third-order valence-electron chi connectivity index (χ3n) is 5.43. The van der Waals surface area contributed by atoms with Gasteiger partial charge in [-0.3, -0.25) is 19.3 Å². The number of nitrogens with two attached hydrogens (primary N) is 1. The highest BCUT2D eigenvalue weighted by molar-refractivity contribution is 6.22. The molecule has 1 unspecified atom stereocenters. The summed E-state index contributed by atoms with van der Waals surface area (Å²) in [6.45, 7) is 2.23. The molecule has 6 heteroatoms. The molecule has 1 aromatic carbocycles. The van der Waals surface area contributed by atoms with Gasteiger partial charge < -0.3 is 10.6 Å². The van der Waals surface area contributed by atoms with Gasteiger partial charge in [0.05, 0.1) is 11.1 Å². The molecular weight excluding hydrogens is 318 g/mol. The SMILES string of the molecule is CC(CN)N(C)C(=O)c1ccc2c(c1)C(=O)N(C1CCCCC1)C2=O. The Hall–Kier alpha value is -2.21. The summed E-state index contributed by atoms with van der Waals surface area (Å²) >= 11 is 0. The van der Waals surface area contributed by atoms with Crippen LogP contribution < -0.4 is 5.73 Å². The molecule has 2 N–H and O–H groups in total. The number of fused-ring (bicyclic) bond motifs is 1. The Balaban J connectivity index is 1.87. The number of likely N-dealkylation sites (N-methyl/N-ethyl adjacent to an activating group) is 1. The Morgan fingerprint density at radius 1 is 1.20 bits per heavy atom. The first-order valence-electron chi connectivity index (χ1n) is 8.95. The van der Waals surface area contributed by atoms with Crippen LogP contribution in [0.1, 0.15) is 70.1 Å². The second kappa shape index (κ2) is 6.96. The number of rotatable bonds is 4. The first-order valence-corrected chi connectivity index (χ1v) is 8.95. The van der Waals surface area contributed by atoms with Crippen LogP contribution in [0.15, 0.2) is 18.2 Å². The Morgan fingerprint density at radius 3 is 2.48 bits per heavy atom. The van der Waals surface area contributed by atoms with Crippen LogP contribution in [-0.2, 0) is 0 Å². The van der Waals surface area contributed by atoms with Crippen molar-refractivity contribution in [3.63, 3.8) is 0 Å². The first-order chi connectivity index (χ1) is 12.0. The molecule has 2 aliphatic rings. The van der Waals surface area contributed by atoms with E-state index in [0.717, 1.165) is 32.1 Å². The van der Waals surface area contributed by atoms with Crippen LogP contribution >= 0.6 is 0 Å². The maximum absolute atomic E-state index is 12.8. The molecule has 1 atom stereocenters. The average Bonchev–Trinajstić information content (AvgIpc) is 2.90. The van der Waals surface area contributed by atoms with E-state index in [1.807, 2.05) is 6.92 Å². The summed E-state index contributed by atoms with van der Waals surface area (Å²) in [6.07, 6.45) is 4.99. The van der Waals surface area contributed by atoms with Crippen LogP contribution in [0, 0.1) is 0 Å². The Bertz CT molecular complexity index is 710. The van der Waals surface area contributed by atoms with Gasteiger partial charge in [0.15, 0.2) is 0 Å². The molecule has 134 valence electrons. The number of nitrogens with zero attached hydrogens (tertiary/aromatic N) is 2. The number of amides is 3. The van der Waals surface area contributed by atoms with Gasteiger partial charge in [-0.1, -0.05) is 19.3 Å². The lowest BCUT2D eigenvalue weighted by molar-refractivity contribution is 0.0548. The molecule has 1 aromatic rings. The van der Waals surface area contributed by atoms with Crippen molar-refractivity contribution in [3.8, 4) is 0 Å². The fourth-order valence-electron chi connectivity index (χ4n) is 3.63. The number of carbonyl (C=O) groups is 3. The molecule has 0 radical (unpaired) electrons. The van der Waals surface area contributed by atoms with Crippen LogP contribution in [0.2, 0.25) is 0 Å². The summed E-state index contributed by atoms with van der Waals surface area (Å²) in [5, 5.41) is 0. The molecule has 6 nitrogen and oxygen atoms in total. The third kappa shape index (κ3) is 3.06. The van der Waals surface area contributed by atoms with Crippen molar-refractivity contribution in [2.24, 2.45) is 5.73 Å².